The molecule has 30 heavy (non-hydrogen) atoms. The van der Waals surface area contributed by atoms with Crippen molar-refractivity contribution in [2.75, 3.05) is 20.5 Å². The standard InChI is InChI=1S/C25H44O4Si/c1-18(2)21-15-19(3)16-23(28-17-27-8)24(21)20(4)22(26)13-11-12-14-29-30(9,10)25(5,6)7/h16,20-24,26H,1,12,14-15,17H2,2-10H3/t20-,21-,22?,23+,24-/m0/s1. The summed E-state index contributed by atoms with van der Waals surface area (Å²) >= 11 is 0. The smallest absolute Gasteiger partial charge is 0.192 e. The van der Waals surface area contributed by atoms with Crippen LogP contribution < -0.4 is 0 Å². The van der Waals surface area contributed by atoms with Crippen LogP contribution in [0.1, 0.15) is 54.4 Å². The van der Waals surface area contributed by atoms with Gasteiger partial charge in [-0.05, 0) is 50.2 Å². The SMILES string of the molecule is C=C(C)[C@@H]1CC(C)=C[C@@H](OCOC)[C@H]1[C@@H](C)C(O)C#CCCO[Si](C)(C)C(C)(C)C. The van der Waals surface area contributed by atoms with Gasteiger partial charge < -0.3 is 19.0 Å². The molecule has 172 valence electrons. The lowest BCUT2D eigenvalue weighted by Crippen LogP contribution is -2.41. The molecular formula is C25H44O4Si. The van der Waals surface area contributed by atoms with E-state index in [0.717, 1.165) is 12.0 Å². The first kappa shape index (κ1) is 27.1. The summed E-state index contributed by atoms with van der Waals surface area (Å²) in [7, 11) is -0.131. The lowest BCUT2D eigenvalue weighted by Gasteiger charge is -2.41. The van der Waals surface area contributed by atoms with Crippen LogP contribution in [0.3, 0.4) is 0 Å². The van der Waals surface area contributed by atoms with Crippen LogP contribution in [0.5, 0.6) is 0 Å². The van der Waals surface area contributed by atoms with Gasteiger partial charge in [-0.2, -0.15) is 0 Å². The fourth-order valence-electron chi connectivity index (χ4n) is 3.74. The number of aliphatic hydroxyl groups excluding tert-OH is 1. The molecule has 0 fully saturated rings. The van der Waals surface area contributed by atoms with E-state index >= 15 is 0 Å². The van der Waals surface area contributed by atoms with Crippen molar-refractivity contribution in [2.45, 2.75) is 84.7 Å². The summed E-state index contributed by atoms with van der Waals surface area (Å²) in [5, 5.41) is 11.0. The molecule has 1 N–H and O–H groups in total. The van der Waals surface area contributed by atoms with Gasteiger partial charge >= 0.3 is 0 Å². The van der Waals surface area contributed by atoms with Crippen LogP contribution in [0, 0.1) is 29.6 Å². The quantitative estimate of drug-likeness (QED) is 0.169. The van der Waals surface area contributed by atoms with E-state index in [4.69, 9.17) is 13.9 Å². The number of ether oxygens (including phenoxy) is 2. The second-order valence-corrected chi connectivity index (χ2v) is 15.1. The highest BCUT2D eigenvalue weighted by molar-refractivity contribution is 6.74. The third-order valence-electron chi connectivity index (χ3n) is 6.70. The zero-order valence-corrected chi connectivity index (χ0v) is 21.7. The number of allylic oxidation sites excluding steroid dienone is 2. The van der Waals surface area contributed by atoms with Gasteiger partial charge in [-0.3, -0.25) is 0 Å². The van der Waals surface area contributed by atoms with Crippen molar-refractivity contribution in [3.63, 3.8) is 0 Å². The molecule has 0 aromatic carbocycles. The molecule has 0 bridgehead atoms. The van der Waals surface area contributed by atoms with Crippen LogP contribution in [0.2, 0.25) is 18.1 Å². The summed E-state index contributed by atoms with van der Waals surface area (Å²) in [5.41, 5.74) is 2.41. The lowest BCUT2D eigenvalue weighted by molar-refractivity contribution is -0.0968. The van der Waals surface area contributed by atoms with Crippen molar-refractivity contribution < 1.29 is 19.0 Å². The topological polar surface area (TPSA) is 47.9 Å². The highest BCUT2D eigenvalue weighted by Gasteiger charge is 2.39. The van der Waals surface area contributed by atoms with E-state index in [1.54, 1.807) is 7.11 Å². The van der Waals surface area contributed by atoms with Gasteiger partial charge in [-0.25, -0.2) is 0 Å². The molecule has 5 heteroatoms. The first-order valence-electron chi connectivity index (χ1n) is 11.1. The fraction of sp³-hybridized carbons (Fsp3) is 0.760. The normalized spacial score (nSPS) is 24.5. The first-order chi connectivity index (χ1) is 13.8. The third kappa shape index (κ3) is 7.66. The fourth-order valence-corrected chi connectivity index (χ4v) is 4.78. The molecular weight excluding hydrogens is 392 g/mol. The number of methoxy groups -OCH3 is 1. The Morgan fingerprint density at radius 1 is 1.37 bits per heavy atom. The van der Waals surface area contributed by atoms with Gasteiger partial charge in [0.1, 0.15) is 12.9 Å². The summed E-state index contributed by atoms with van der Waals surface area (Å²) < 4.78 is 17.3. The van der Waals surface area contributed by atoms with Crippen LogP contribution in [0.25, 0.3) is 0 Å². The summed E-state index contributed by atoms with van der Waals surface area (Å²) in [4.78, 5) is 0. The molecule has 1 rings (SSSR count). The van der Waals surface area contributed by atoms with Gasteiger partial charge in [0.05, 0.1) is 6.10 Å². The average molecular weight is 437 g/mol. The first-order valence-corrected chi connectivity index (χ1v) is 14.0. The number of aliphatic hydroxyl groups is 1. The molecule has 1 aliphatic rings. The van der Waals surface area contributed by atoms with Gasteiger partial charge in [0.25, 0.3) is 0 Å². The van der Waals surface area contributed by atoms with E-state index in [1.165, 1.54) is 5.57 Å². The Bertz CT molecular complexity index is 650. The monoisotopic (exact) mass is 436 g/mol. The minimum Gasteiger partial charge on any atom is -0.416 e. The van der Waals surface area contributed by atoms with E-state index in [1.807, 2.05) is 0 Å². The Hall–Kier alpha value is -0.903. The highest BCUT2D eigenvalue weighted by Crippen LogP contribution is 2.41. The summed E-state index contributed by atoms with van der Waals surface area (Å²) in [6.45, 7) is 22.5. The van der Waals surface area contributed by atoms with Crippen LogP contribution in [-0.4, -0.2) is 46.1 Å². The van der Waals surface area contributed by atoms with E-state index in [9.17, 15) is 5.11 Å². The van der Waals surface area contributed by atoms with Gasteiger partial charge in [0, 0.05) is 26.1 Å². The van der Waals surface area contributed by atoms with Crippen LogP contribution in [-0.2, 0) is 13.9 Å². The van der Waals surface area contributed by atoms with Crippen molar-refractivity contribution in [3.05, 3.63) is 23.8 Å². The molecule has 0 aromatic rings. The van der Waals surface area contributed by atoms with Crippen molar-refractivity contribution >= 4 is 8.32 Å². The highest BCUT2D eigenvalue weighted by atomic mass is 28.4. The molecule has 5 atom stereocenters. The molecule has 4 nitrogen and oxygen atoms in total. The molecule has 1 unspecified atom stereocenters. The molecule has 0 saturated carbocycles. The zero-order chi connectivity index (χ0) is 23.1. The van der Waals surface area contributed by atoms with Crippen molar-refractivity contribution in [2.24, 2.45) is 17.8 Å². The molecule has 0 aromatic heterocycles. The molecule has 0 radical (unpaired) electrons. The Morgan fingerprint density at radius 3 is 2.53 bits per heavy atom. The van der Waals surface area contributed by atoms with Gasteiger partial charge in [0.2, 0.25) is 0 Å². The summed E-state index contributed by atoms with van der Waals surface area (Å²) in [6, 6.07) is 0. The molecule has 0 amide bonds. The summed E-state index contributed by atoms with van der Waals surface area (Å²) in [6.07, 6.45) is 2.90. The number of hydrogen-bond donors (Lipinski definition) is 1. The average Bonchev–Trinajstić information content (AvgIpc) is 2.63. The van der Waals surface area contributed by atoms with Crippen LogP contribution in [0.15, 0.2) is 23.8 Å². The molecule has 1 aliphatic carbocycles. The predicted octanol–water partition coefficient (Wildman–Crippen LogP) is 5.55. The Kier molecular flexibility index (Phi) is 10.5. The van der Waals surface area contributed by atoms with Crippen LogP contribution >= 0.6 is 0 Å². The number of rotatable bonds is 9. The maximum absolute atomic E-state index is 10.8. The largest absolute Gasteiger partial charge is 0.416 e. The van der Waals surface area contributed by atoms with Gasteiger partial charge in [-0.1, -0.05) is 63.3 Å². The Labute approximate surface area is 186 Å². The molecule has 0 aliphatic heterocycles. The zero-order valence-electron chi connectivity index (χ0n) is 20.7. The number of hydrogen-bond acceptors (Lipinski definition) is 4. The minimum absolute atomic E-state index is 0.0493. The Morgan fingerprint density at radius 2 is 2.00 bits per heavy atom. The third-order valence-corrected chi connectivity index (χ3v) is 11.2. The van der Waals surface area contributed by atoms with Crippen molar-refractivity contribution in [1.29, 1.82) is 0 Å². The van der Waals surface area contributed by atoms with E-state index in [0.29, 0.717) is 13.0 Å². The molecule has 0 saturated heterocycles. The lowest BCUT2D eigenvalue weighted by atomic mass is 9.68. The van der Waals surface area contributed by atoms with E-state index in [-0.39, 0.29) is 35.7 Å². The van der Waals surface area contributed by atoms with E-state index < -0.39 is 14.4 Å². The predicted molar refractivity (Wildman–Crippen MR) is 128 cm³/mol. The molecule has 0 spiro atoms. The van der Waals surface area contributed by atoms with Crippen LogP contribution in [0.4, 0.5) is 0 Å². The second-order valence-electron chi connectivity index (χ2n) is 10.3. The minimum atomic E-state index is -1.76. The molecule has 0 heterocycles. The van der Waals surface area contributed by atoms with E-state index in [2.05, 4.69) is 79.1 Å². The van der Waals surface area contributed by atoms with Gasteiger partial charge in [-0.15, -0.1) is 0 Å². The van der Waals surface area contributed by atoms with Crippen molar-refractivity contribution in [1.82, 2.24) is 0 Å². The summed E-state index contributed by atoms with van der Waals surface area (Å²) in [5.74, 6) is 6.50. The van der Waals surface area contributed by atoms with Crippen molar-refractivity contribution in [3.8, 4) is 11.8 Å². The maximum Gasteiger partial charge on any atom is 0.192 e. The second kappa shape index (κ2) is 11.6. The van der Waals surface area contributed by atoms with Gasteiger partial charge in [0.15, 0.2) is 8.32 Å². The Balaban J connectivity index is 2.82. The maximum atomic E-state index is 10.8.